The fraction of sp³-hybridized carbons (Fsp3) is 0.667. The van der Waals surface area contributed by atoms with Gasteiger partial charge in [-0.3, -0.25) is 28.8 Å². The predicted molar refractivity (Wildman–Crippen MR) is 301 cm³/mol. The molecule has 4 atom stereocenters. The normalized spacial score (nSPS) is 11.4. The molecule has 4 unspecified atom stereocenters. The second-order valence-corrected chi connectivity index (χ2v) is 15.2. The smallest absolute Gasteiger partial charge is 0.252 e. The number of carbonyl (C=O) groups is 6. The van der Waals surface area contributed by atoms with E-state index in [4.69, 9.17) is 0 Å². The van der Waals surface area contributed by atoms with Crippen LogP contribution in [0.2, 0.25) is 0 Å². The van der Waals surface area contributed by atoms with E-state index in [1.807, 2.05) is 83.1 Å². The van der Waals surface area contributed by atoms with E-state index in [1.54, 1.807) is 0 Å². The molecule has 0 radical (unpaired) electrons. The molecule has 2 rings (SSSR count). The van der Waals surface area contributed by atoms with E-state index < -0.39 is 119 Å². The van der Waals surface area contributed by atoms with Gasteiger partial charge in [0.25, 0.3) is 23.6 Å². The molecule has 0 fully saturated rings. The fourth-order valence-electron chi connectivity index (χ4n) is 7.47. The average Bonchev–Trinajstić information content (AvgIpc) is 3.42. The van der Waals surface area contributed by atoms with Crippen LogP contribution in [0.3, 0.4) is 0 Å². The summed E-state index contributed by atoms with van der Waals surface area (Å²) in [5.74, 6) is -3.24. The molecule has 2 aromatic rings. The Balaban J connectivity index is -0.000000876. The van der Waals surface area contributed by atoms with Crippen molar-refractivity contribution in [1.29, 1.82) is 0 Å². The van der Waals surface area contributed by atoms with Gasteiger partial charge in [0.15, 0.2) is 0 Å². The van der Waals surface area contributed by atoms with E-state index in [1.165, 1.54) is 41.5 Å². The van der Waals surface area contributed by atoms with E-state index in [0.717, 1.165) is 9.80 Å². The number of hydrogen-bond acceptors (Lipinski definition) is 16. The predicted octanol–water partition coefficient (Wildman–Crippen LogP) is 2.40. The van der Waals surface area contributed by atoms with Gasteiger partial charge in [-0.25, -0.2) is 0 Å². The second kappa shape index (κ2) is 47.1. The molecule has 0 bridgehead atoms. The molecule has 22 heteroatoms. The number of hydrogen-bond donors (Lipinski definition) is 14. The first-order valence-corrected chi connectivity index (χ1v) is 26.0. The molecule has 0 aliphatic heterocycles. The Morgan fingerprint density at radius 1 is 0.408 bits per heavy atom. The van der Waals surface area contributed by atoms with Gasteiger partial charge in [0.2, 0.25) is 12.8 Å². The maximum absolute atomic E-state index is 13.6. The summed E-state index contributed by atoms with van der Waals surface area (Å²) in [4.78, 5) is 81.7. The first kappa shape index (κ1) is 82.2. The zero-order valence-electron chi connectivity index (χ0n) is 48.2. The molecule has 444 valence electrons. The summed E-state index contributed by atoms with van der Waals surface area (Å²) in [6, 6.07) is -2.18. The van der Waals surface area contributed by atoms with Crippen LogP contribution in [0.5, 0.6) is 0 Å². The number of nitrogens with zero attached hydrogens (tertiary/aromatic N) is 2. The highest BCUT2D eigenvalue weighted by Gasteiger charge is 2.32. The third-order valence-corrected chi connectivity index (χ3v) is 10.5. The summed E-state index contributed by atoms with van der Waals surface area (Å²) in [5.41, 5.74) is 0.433. The zero-order valence-corrected chi connectivity index (χ0v) is 48.2. The monoisotopic (exact) mass is 1090 g/mol. The molecule has 14 N–H and O–H groups in total. The van der Waals surface area contributed by atoms with E-state index in [9.17, 15) is 79.8 Å². The quantitative estimate of drug-likeness (QED) is 0.0602. The van der Waals surface area contributed by atoms with Crippen molar-refractivity contribution in [2.45, 2.75) is 175 Å². The highest BCUT2D eigenvalue weighted by molar-refractivity contribution is 6.08. The largest absolute Gasteiger partial charge is 0.394 e. The Morgan fingerprint density at radius 3 is 0.855 bits per heavy atom. The molecule has 0 heterocycles. The minimum absolute atomic E-state index is 0. The SMILES string of the molecule is C.CC.CC.CC.CC.CC.CC.Cc1c(C(=O)NCC(O)CO)c(C)c(N(C=O)CC(O)CC(O)CN(C=O)c2c(C)c(C(=O)NCC(O)CO)c(C)c(C(=O)NC(CO)CO)c2C)c(C)c1C(=O)NC(CO)CO. The Labute approximate surface area is 453 Å². The third-order valence-electron chi connectivity index (χ3n) is 10.5. The molecule has 2 aromatic carbocycles. The van der Waals surface area contributed by atoms with Crippen molar-refractivity contribution in [3.05, 3.63) is 55.6 Å². The van der Waals surface area contributed by atoms with Crippen LogP contribution in [0.25, 0.3) is 0 Å². The van der Waals surface area contributed by atoms with Crippen molar-refractivity contribution in [2.75, 3.05) is 75.6 Å². The molecule has 0 saturated heterocycles. The van der Waals surface area contributed by atoms with Crippen molar-refractivity contribution >= 4 is 47.8 Å². The lowest BCUT2D eigenvalue weighted by Gasteiger charge is -2.31. The Bertz CT molecular complexity index is 1810. The molecule has 0 aliphatic carbocycles. The maximum Gasteiger partial charge on any atom is 0.252 e. The van der Waals surface area contributed by atoms with Crippen LogP contribution in [0.1, 0.15) is 172 Å². The molecule has 0 spiro atoms. The second-order valence-electron chi connectivity index (χ2n) is 15.2. The van der Waals surface area contributed by atoms with Gasteiger partial charge in [-0.05, 0) is 74.9 Å². The van der Waals surface area contributed by atoms with Crippen molar-refractivity contribution < 1.29 is 79.8 Å². The first-order valence-electron chi connectivity index (χ1n) is 26.0. The number of carbonyl (C=O) groups excluding carboxylic acids is 6. The molecular formula is C54H102N6O16. The van der Waals surface area contributed by atoms with Crippen LogP contribution in [-0.4, -0.2) is 190 Å². The van der Waals surface area contributed by atoms with Crippen LogP contribution in [0.4, 0.5) is 11.4 Å². The van der Waals surface area contributed by atoms with Crippen molar-refractivity contribution in [3.8, 4) is 0 Å². The number of amides is 6. The van der Waals surface area contributed by atoms with Gasteiger partial charge >= 0.3 is 0 Å². The van der Waals surface area contributed by atoms with Gasteiger partial charge in [0, 0.05) is 41.8 Å². The topological polar surface area (TPSA) is 359 Å². The van der Waals surface area contributed by atoms with Crippen LogP contribution in [-0.2, 0) is 9.59 Å². The van der Waals surface area contributed by atoms with Gasteiger partial charge in [-0.15, -0.1) is 0 Å². The molecule has 0 aromatic heterocycles. The van der Waals surface area contributed by atoms with Gasteiger partial charge in [-0.2, -0.15) is 0 Å². The van der Waals surface area contributed by atoms with E-state index in [2.05, 4.69) is 21.3 Å². The Morgan fingerprint density at radius 2 is 0.645 bits per heavy atom. The molecule has 6 amide bonds. The standard InChI is InChI=1S/C41H62N6O16.6C2H6.CH4/c1-20-32(38(60)42-8-30(58)16-52)22(3)36(24(5)34(20)40(62)44-26(12-48)13-49)46(18-54)10-28(56)7-29(57)11-47(19-55)37-23(4)33(39(61)43-9-31(59)17-53)21(2)35(25(37)6)41(63)45-27(14-50)15-51;6*1-2;/h18-19,26-31,48-53,56-59H,7-17H2,1-6H3,(H,42,60)(H,43,61)(H,44,62)(H,45,63);6*1-2H3;1H4. The summed E-state index contributed by atoms with van der Waals surface area (Å²) >= 11 is 0. The molecular weight excluding hydrogens is 989 g/mol. The molecule has 76 heavy (non-hydrogen) atoms. The van der Waals surface area contributed by atoms with Crippen molar-refractivity contribution in [3.63, 3.8) is 0 Å². The highest BCUT2D eigenvalue weighted by Crippen LogP contribution is 2.36. The average molecular weight is 1090 g/mol. The summed E-state index contributed by atoms with van der Waals surface area (Å²) in [5, 5.41) is 109. The molecule has 0 saturated carbocycles. The fourth-order valence-corrected chi connectivity index (χ4v) is 7.47. The third kappa shape index (κ3) is 24.9. The minimum atomic E-state index is -1.55. The minimum Gasteiger partial charge on any atom is -0.394 e. The van der Waals surface area contributed by atoms with Crippen LogP contribution in [0.15, 0.2) is 0 Å². The van der Waals surface area contributed by atoms with Crippen molar-refractivity contribution in [2.24, 2.45) is 0 Å². The molecule has 22 nitrogen and oxygen atoms in total. The highest BCUT2D eigenvalue weighted by atomic mass is 16.3. The van der Waals surface area contributed by atoms with Gasteiger partial charge in [-0.1, -0.05) is 90.5 Å². The zero-order chi connectivity index (χ0) is 59.9. The number of anilines is 2. The van der Waals surface area contributed by atoms with Crippen LogP contribution < -0.4 is 31.1 Å². The van der Waals surface area contributed by atoms with E-state index in [-0.39, 0.29) is 87.5 Å². The van der Waals surface area contributed by atoms with Gasteiger partial charge < -0.3 is 82.1 Å². The van der Waals surface area contributed by atoms with Crippen LogP contribution in [0, 0.1) is 41.5 Å². The number of rotatable bonds is 26. The number of aliphatic hydroxyl groups excluding tert-OH is 10. The number of benzene rings is 2. The summed E-state index contributed by atoms with van der Waals surface area (Å²) < 4.78 is 0. The van der Waals surface area contributed by atoms with Gasteiger partial charge in [0.1, 0.15) is 0 Å². The number of aliphatic hydroxyl groups is 10. The summed E-state index contributed by atoms with van der Waals surface area (Å²) in [6.45, 7) is 27.0. The maximum atomic E-state index is 13.6. The van der Waals surface area contributed by atoms with Crippen molar-refractivity contribution in [1.82, 2.24) is 21.3 Å². The lowest BCUT2D eigenvalue weighted by atomic mass is 9.89. The summed E-state index contributed by atoms with van der Waals surface area (Å²) in [6.07, 6.45) is -5.60. The summed E-state index contributed by atoms with van der Waals surface area (Å²) in [7, 11) is 0. The first-order chi connectivity index (χ1) is 35.7. The number of nitrogens with one attached hydrogen (secondary N) is 4. The van der Waals surface area contributed by atoms with E-state index >= 15 is 0 Å². The lowest BCUT2D eigenvalue weighted by Crippen LogP contribution is -2.42. The molecule has 0 aliphatic rings. The van der Waals surface area contributed by atoms with Gasteiger partial charge in [0.05, 0.1) is 101 Å². The Kier molecular flexibility index (Phi) is 50.9. The Hall–Kier alpha value is -5.14. The van der Waals surface area contributed by atoms with Crippen LogP contribution >= 0.6 is 0 Å². The lowest BCUT2D eigenvalue weighted by molar-refractivity contribution is -0.108. The van der Waals surface area contributed by atoms with E-state index in [0.29, 0.717) is 12.8 Å².